The standard InChI is InChI=1S/C15H29N3O/c1-4-13(5-2)10-17-14(16-3)18-8-6-15(11-18)7-9-19-12-15/h13H,4-12H2,1-3H3,(H,16,17). The lowest BCUT2D eigenvalue weighted by Gasteiger charge is -2.26. The third-order valence-electron chi connectivity index (χ3n) is 4.84. The number of guanidine groups is 1. The van der Waals surface area contributed by atoms with Crippen LogP contribution in [0.2, 0.25) is 0 Å². The van der Waals surface area contributed by atoms with E-state index < -0.39 is 0 Å². The van der Waals surface area contributed by atoms with Crippen molar-refractivity contribution in [2.75, 3.05) is 39.9 Å². The van der Waals surface area contributed by atoms with Crippen molar-refractivity contribution >= 4 is 5.96 Å². The molecule has 0 radical (unpaired) electrons. The van der Waals surface area contributed by atoms with Crippen LogP contribution in [0, 0.1) is 11.3 Å². The first-order valence-corrected chi connectivity index (χ1v) is 7.76. The maximum atomic E-state index is 5.59. The van der Waals surface area contributed by atoms with Crippen molar-refractivity contribution in [3.05, 3.63) is 0 Å². The van der Waals surface area contributed by atoms with E-state index in [1.54, 1.807) is 0 Å². The lowest BCUT2D eigenvalue weighted by atomic mass is 9.87. The summed E-state index contributed by atoms with van der Waals surface area (Å²) in [4.78, 5) is 6.87. The largest absolute Gasteiger partial charge is 0.381 e. The van der Waals surface area contributed by atoms with Gasteiger partial charge in [0.15, 0.2) is 5.96 Å². The molecule has 1 spiro atoms. The Kier molecular flexibility index (Phi) is 5.08. The van der Waals surface area contributed by atoms with Gasteiger partial charge in [-0.1, -0.05) is 26.7 Å². The fourth-order valence-corrected chi connectivity index (χ4v) is 3.23. The molecule has 0 bridgehead atoms. The molecule has 0 aromatic heterocycles. The highest BCUT2D eigenvalue weighted by atomic mass is 16.5. The number of likely N-dealkylation sites (tertiary alicyclic amines) is 1. The highest BCUT2D eigenvalue weighted by Gasteiger charge is 2.42. The Hall–Kier alpha value is -0.770. The van der Waals surface area contributed by atoms with E-state index in [2.05, 4.69) is 29.1 Å². The predicted octanol–water partition coefficient (Wildman–Crippen LogP) is 2.11. The summed E-state index contributed by atoms with van der Waals surface area (Å²) >= 11 is 0. The van der Waals surface area contributed by atoms with Crippen molar-refractivity contribution in [1.29, 1.82) is 0 Å². The van der Waals surface area contributed by atoms with Crippen molar-refractivity contribution in [2.45, 2.75) is 39.5 Å². The van der Waals surface area contributed by atoms with Crippen molar-refractivity contribution in [3.63, 3.8) is 0 Å². The van der Waals surface area contributed by atoms with Gasteiger partial charge < -0.3 is 15.0 Å². The van der Waals surface area contributed by atoms with Crippen LogP contribution in [-0.2, 0) is 4.74 Å². The van der Waals surface area contributed by atoms with Gasteiger partial charge in [-0.25, -0.2) is 0 Å². The molecule has 110 valence electrons. The Balaban J connectivity index is 1.85. The Morgan fingerprint density at radius 2 is 2.16 bits per heavy atom. The lowest BCUT2D eigenvalue weighted by Crippen LogP contribution is -2.43. The molecule has 2 saturated heterocycles. The van der Waals surface area contributed by atoms with Gasteiger partial charge in [0, 0.05) is 38.7 Å². The number of rotatable bonds is 4. The molecule has 19 heavy (non-hydrogen) atoms. The minimum Gasteiger partial charge on any atom is -0.381 e. The molecule has 4 heteroatoms. The fraction of sp³-hybridized carbons (Fsp3) is 0.933. The first-order chi connectivity index (χ1) is 9.23. The SMILES string of the molecule is CCC(CC)CNC(=NC)N1CCC2(CCOC2)C1. The van der Waals surface area contributed by atoms with Crippen LogP contribution < -0.4 is 5.32 Å². The monoisotopic (exact) mass is 267 g/mol. The van der Waals surface area contributed by atoms with Gasteiger partial charge >= 0.3 is 0 Å². The molecule has 2 aliphatic rings. The average molecular weight is 267 g/mol. The first kappa shape index (κ1) is 14.6. The van der Waals surface area contributed by atoms with E-state index in [4.69, 9.17) is 4.74 Å². The van der Waals surface area contributed by atoms with E-state index in [9.17, 15) is 0 Å². The highest BCUT2D eigenvalue weighted by Crippen LogP contribution is 2.38. The van der Waals surface area contributed by atoms with Gasteiger partial charge in [0.2, 0.25) is 0 Å². The van der Waals surface area contributed by atoms with E-state index in [1.807, 2.05) is 7.05 Å². The van der Waals surface area contributed by atoms with Crippen LogP contribution in [0.4, 0.5) is 0 Å². The van der Waals surface area contributed by atoms with Crippen LogP contribution in [0.25, 0.3) is 0 Å². The molecule has 2 fully saturated rings. The molecule has 4 nitrogen and oxygen atoms in total. The molecule has 1 N–H and O–H groups in total. The summed E-state index contributed by atoms with van der Waals surface area (Å²) in [6.07, 6.45) is 4.93. The summed E-state index contributed by atoms with van der Waals surface area (Å²) in [7, 11) is 1.89. The van der Waals surface area contributed by atoms with Gasteiger partial charge in [-0.3, -0.25) is 4.99 Å². The van der Waals surface area contributed by atoms with Crippen molar-refractivity contribution in [2.24, 2.45) is 16.3 Å². The molecule has 2 aliphatic heterocycles. The number of hydrogen-bond acceptors (Lipinski definition) is 2. The Morgan fingerprint density at radius 1 is 1.37 bits per heavy atom. The van der Waals surface area contributed by atoms with Crippen LogP contribution in [0.3, 0.4) is 0 Å². The van der Waals surface area contributed by atoms with E-state index >= 15 is 0 Å². The maximum Gasteiger partial charge on any atom is 0.193 e. The van der Waals surface area contributed by atoms with Gasteiger partial charge in [-0.2, -0.15) is 0 Å². The molecular formula is C15H29N3O. The van der Waals surface area contributed by atoms with Crippen LogP contribution >= 0.6 is 0 Å². The Morgan fingerprint density at radius 3 is 2.74 bits per heavy atom. The Bertz CT molecular complexity index is 307. The number of hydrogen-bond donors (Lipinski definition) is 1. The maximum absolute atomic E-state index is 5.59. The molecule has 1 unspecified atom stereocenters. The number of nitrogens with one attached hydrogen (secondary N) is 1. The highest BCUT2D eigenvalue weighted by molar-refractivity contribution is 5.80. The quantitative estimate of drug-likeness (QED) is 0.626. The van der Waals surface area contributed by atoms with Crippen molar-refractivity contribution in [1.82, 2.24) is 10.2 Å². The molecule has 2 rings (SSSR count). The van der Waals surface area contributed by atoms with E-state index in [-0.39, 0.29) is 0 Å². The third-order valence-corrected chi connectivity index (χ3v) is 4.84. The number of ether oxygens (including phenoxy) is 1. The molecule has 0 saturated carbocycles. The zero-order valence-corrected chi connectivity index (χ0v) is 12.7. The first-order valence-electron chi connectivity index (χ1n) is 7.76. The molecule has 0 aromatic carbocycles. The van der Waals surface area contributed by atoms with Gasteiger partial charge in [0.05, 0.1) is 6.61 Å². The molecule has 1 atom stereocenters. The predicted molar refractivity (Wildman–Crippen MR) is 79.5 cm³/mol. The van der Waals surface area contributed by atoms with Gasteiger partial charge in [0.1, 0.15) is 0 Å². The van der Waals surface area contributed by atoms with Gasteiger partial charge in [-0.05, 0) is 18.8 Å². The normalized spacial score (nSPS) is 27.8. The Labute approximate surface area is 117 Å². The second kappa shape index (κ2) is 6.60. The summed E-state index contributed by atoms with van der Waals surface area (Å²) in [6.45, 7) is 9.67. The van der Waals surface area contributed by atoms with E-state index in [0.717, 1.165) is 44.7 Å². The molecule has 2 heterocycles. The zero-order chi connectivity index (χ0) is 13.7. The van der Waals surface area contributed by atoms with Crippen LogP contribution in [-0.4, -0.2) is 50.8 Å². The van der Waals surface area contributed by atoms with Crippen molar-refractivity contribution < 1.29 is 4.74 Å². The second-order valence-electron chi connectivity index (χ2n) is 6.08. The average Bonchev–Trinajstić information content (AvgIpc) is 3.06. The smallest absolute Gasteiger partial charge is 0.193 e. The summed E-state index contributed by atoms with van der Waals surface area (Å²) in [5.74, 6) is 1.83. The molecule has 0 aromatic rings. The second-order valence-corrected chi connectivity index (χ2v) is 6.08. The summed E-state index contributed by atoms with van der Waals surface area (Å²) in [5, 5.41) is 3.55. The number of nitrogens with zero attached hydrogens (tertiary/aromatic N) is 2. The zero-order valence-electron chi connectivity index (χ0n) is 12.7. The summed E-state index contributed by atoms with van der Waals surface area (Å²) in [6, 6.07) is 0. The fourth-order valence-electron chi connectivity index (χ4n) is 3.23. The van der Waals surface area contributed by atoms with Gasteiger partial charge in [-0.15, -0.1) is 0 Å². The minimum absolute atomic E-state index is 0.409. The van der Waals surface area contributed by atoms with Crippen LogP contribution in [0.15, 0.2) is 4.99 Å². The van der Waals surface area contributed by atoms with Crippen LogP contribution in [0.5, 0.6) is 0 Å². The van der Waals surface area contributed by atoms with Gasteiger partial charge in [0.25, 0.3) is 0 Å². The summed E-state index contributed by atoms with van der Waals surface area (Å²) < 4.78 is 5.59. The van der Waals surface area contributed by atoms with Crippen LogP contribution in [0.1, 0.15) is 39.5 Å². The molecule has 0 amide bonds. The third kappa shape index (κ3) is 3.41. The van der Waals surface area contributed by atoms with E-state index in [1.165, 1.54) is 25.7 Å². The van der Waals surface area contributed by atoms with Crippen molar-refractivity contribution in [3.8, 4) is 0 Å². The number of aliphatic imine (C=N–C) groups is 1. The molecular weight excluding hydrogens is 238 g/mol. The topological polar surface area (TPSA) is 36.9 Å². The summed E-state index contributed by atoms with van der Waals surface area (Å²) in [5.41, 5.74) is 0.409. The molecule has 0 aliphatic carbocycles. The van der Waals surface area contributed by atoms with E-state index in [0.29, 0.717) is 5.41 Å². The minimum atomic E-state index is 0.409. The lowest BCUT2D eigenvalue weighted by molar-refractivity contribution is 0.156.